The molecule has 0 aromatic heterocycles. The van der Waals surface area contributed by atoms with Gasteiger partial charge in [-0.05, 0) is 35.5 Å². The van der Waals surface area contributed by atoms with Crippen LogP contribution in [-0.4, -0.2) is 0 Å². The van der Waals surface area contributed by atoms with Crippen molar-refractivity contribution in [1.82, 2.24) is 0 Å². The molecule has 0 heteroatoms. The first-order valence-corrected chi connectivity index (χ1v) is 6.91. The van der Waals surface area contributed by atoms with Gasteiger partial charge in [0.25, 0.3) is 0 Å². The molecular weight excluding hydrogens is 180 g/mol. The Morgan fingerprint density at radius 2 is 1.33 bits per heavy atom. The minimum atomic E-state index is 0.491. The summed E-state index contributed by atoms with van der Waals surface area (Å²) in [4.78, 5) is 0. The van der Waals surface area contributed by atoms with Crippen LogP contribution in [0.2, 0.25) is 0 Å². The van der Waals surface area contributed by atoms with Gasteiger partial charge in [0, 0.05) is 0 Å². The SMILES string of the molecule is CC(C)(C)C1(C)CC2CCCC(CC2)C1. The third kappa shape index (κ3) is 2.24. The zero-order valence-electron chi connectivity index (χ0n) is 11.1. The van der Waals surface area contributed by atoms with Crippen LogP contribution in [0.5, 0.6) is 0 Å². The summed E-state index contributed by atoms with van der Waals surface area (Å²) in [6.07, 6.45) is 10.6. The Morgan fingerprint density at radius 3 is 1.73 bits per heavy atom. The second-order valence-electron chi connectivity index (χ2n) is 7.46. The summed E-state index contributed by atoms with van der Waals surface area (Å²) in [6, 6.07) is 0. The predicted octanol–water partition coefficient (Wildman–Crippen LogP) is 5.03. The molecule has 2 aliphatic rings. The third-order valence-corrected chi connectivity index (χ3v) is 5.50. The highest BCUT2D eigenvalue weighted by atomic mass is 14.5. The maximum atomic E-state index is 2.56. The van der Waals surface area contributed by atoms with Crippen LogP contribution in [0.4, 0.5) is 0 Å². The Labute approximate surface area is 95.8 Å². The van der Waals surface area contributed by atoms with E-state index in [4.69, 9.17) is 0 Å². The van der Waals surface area contributed by atoms with E-state index < -0.39 is 0 Å². The summed E-state index contributed by atoms with van der Waals surface area (Å²) in [5.74, 6) is 2.09. The highest BCUT2D eigenvalue weighted by molar-refractivity contribution is 4.93. The predicted molar refractivity (Wildman–Crippen MR) is 66.9 cm³/mol. The van der Waals surface area contributed by atoms with Gasteiger partial charge in [0.05, 0.1) is 0 Å². The van der Waals surface area contributed by atoms with Crippen molar-refractivity contribution >= 4 is 0 Å². The summed E-state index contributed by atoms with van der Waals surface area (Å²) < 4.78 is 0. The van der Waals surface area contributed by atoms with E-state index in [9.17, 15) is 0 Å². The maximum Gasteiger partial charge on any atom is -0.0272 e. The van der Waals surface area contributed by atoms with Gasteiger partial charge >= 0.3 is 0 Å². The maximum absolute atomic E-state index is 2.56. The number of fused-ring (bicyclic) bond motifs is 3. The van der Waals surface area contributed by atoms with Crippen LogP contribution < -0.4 is 0 Å². The molecule has 2 saturated carbocycles. The smallest absolute Gasteiger partial charge is 0.0272 e. The molecule has 0 amide bonds. The van der Waals surface area contributed by atoms with E-state index in [2.05, 4.69) is 27.7 Å². The molecule has 2 bridgehead atoms. The van der Waals surface area contributed by atoms with Crippen molar-refractivity contribution in [3.05, 3.63) is 0 Å². The molecule has 2 atom stereocenters. The van der Waals surface area contributed by atoms with E-state index in [-0.39, 0.29) is 0 Å². The molecule has 2 unspecified atom stereocenters. The monoisotopic (exact) mass is 208 g/mol. The molecule has 0 aromatic rings. The van der Waals surface area contributed by atoms with E-state index in [1.807, 2.05) is 0 Å². The van der Waals surface area contributed by atoms with Crippen LogP contribution in [0.3, 0.4) is 0 Å². The first kappa shape index (κ1) is 11.5. The van der Waals surface area contributed by atoms with Crippen LogP contribution in [-0.2, 0) is 0 Å². The lowest BCUT2D eigenvalue weighted by Gasteiger charge is -2.45. The fraction of sp³-hybridized carbons (Fsp3) is 1.00. The molecule has 0 aromatic carbocycles. The van der Waals surface area contributed by atoms with Crippen molar-refractivity contribution in [2.24, 2.45) is 22.7 Å². The minimum Gasteiger partial charge on any atom is -0.0597 e. The molecule has 0 radical (unpaired) electrons. The molecule has 2 fully saturated rings. The zero-order valence-corrected chi connectivity index (χ0v) is 11.1. The fourth-order valence-corrected chi connectivity index (χ4v) is 3.83. The molecule has 0 heterocycles. The molecule has 0 spiro atoms. The van der Waals surface area contributed by atoms with Crippen LogP contribution >= 0.6 is 0 Å². The summed E-state index contributed by atoms with van der Waals surface area (Å²) >= 11 is 0. The van der Waals surface area contributed by atoms with Gasteiger partial charge in [0.2, 0.25) is 0 Å². The molecule has 2 aliphatic carbocycles. The van der Waals surface area contributed by atoms with Crippen molar-refractivity contribution in [2.45, 2.75) is 72.6 Å². The van der Waals surface area contributed by atoms with E-state index in [1.54, 1.807) is 0 Å². The highest BCUT2D eigenvalue weighted by Gasteiger charge is 2.43. The van der Waals surface area contributed by atoms with Crippen molar-refractivity contribution in [3.8, 4) is 0 Å². The Kier molecular flexibility index (Phi) is 2.90. The van der Waals surface area contributed by atoms with E-state index >= 15 is 0 Å². The van der Waals surface area contributed by atoms with E-state index in [0.717, 1.165) is 11.8 Å². The Bertz CT molecular complexity index is 207. The molecule has 0 aliphatic heterocycles. The van der Waals surface area contributed by atoms with Crippen LogP contribution in [0.15, 0.2) is 0 Å². The summed E-state index contributed by atoms with van der Waals surface area (Å²) in [5.41, 5.74) is 1.09. The lowest BCUT2D eigenvalue weighted by atomic mass is 9.60. The van der Waals surface area contributed by atoms with E-state index in [0.29, 0.717) is 10.8 Å². The summed E-state index contributed by atoms with van der Waals surface area (Å²) in [5, 5.41) is 0. The highest BCUT2D eigenvalue weighted by Crippen LogP contribution is 2.54. The van der Waals surface area contributed by atoms with Gasteiger partial charge in [-0.15, -0.1) is 0 Å². The second kappa shape index (κ2) is 3.79. The standard InChI is InChI=1S/C15H28/c1-14(2,3)15(4)10-12-6-5-7-13(11-15)9-8-12/h12-13H,5-11H2,1-4H3. The lowest BCUT2D eigenvalue weighted by Crippen LogP contribution is -2.36. The molecule has 88 valence electrons. The van der Waals surface area contributed by atoms with Crippen LogP contribution in [0.25, 0.3) is 0 Å². The fourth-order valence-electron chi connectivity index (χ4n) is 3.83. The van der Waals surface area contributed by atoms with Gasteiger partial charge in [-0.1, -0.05) is 59.8 Å². The van der Waals surface area contributed by atoms with Crippen LogP contribution in [0.1, 0.15) is 72.6 Å². The van der Waals surface area contributed by atoms with Gasteiger partial charge in [0.15, 0.2) is 0 Å². The number of hydrogen-bond donors (Lipinski definition) is 0. The summed E-state index contributed by atoms with van der Waals surface area (Å²) in [7, 11) is 0. The lowest BCUT2D eigenvalue weighted by molar-refractivity contribution is 0.0481. The van der Waals surface area contributed by atoms with Crippen molar-refractivity contribution in [1.29, 1.82) is 0 Å². The van der Waals surface area contributed by atoms with Gasteiger partial charge in [-0.2, -0.15) is 0 Å². The quantitative estimate of drug-likeness (QED) is 0.524. The van der Waals surface area contributed by atoms with Gasteiger partial charge in [0.1, 0.15) is 0 Å². The Balaban J connectivity index is 2.21. The van der Waals surface area contributed by atoms with Crippen LogP contribution in [0, 0.1) is 22.7 Å². The Hall–Kier alpha value is 0. The van der Waals surface area contributed by atoms with Crippen molar-refractivity contribution in [3.63, 3.8) is 0 Å². The van der Waals surface area contributed by atoms with Crippen molar-refractivity contribution < 1.29 is 0 Å². The molecule has 2 rings (SSSR count). The first-order valence-electron chi connectivity index (χ1n) is 6.91. The normalized spacial score (nSPS) is 42.4. The average Bonchev–Trinajstić information content (AvgIpc) is 2.34. The zero-order chi connectivity index (χ0) is 11.1. The number of hydrogen-bond acceptors (Lipinski definition) is 0. The minimum absolute atomic E-state index is 0.491. The first-order chi connectivity index (χ1) is 6.91. The van der Waals surface area contributed by atoms with Gasteiger partial charge in [-0.3, -0.25) is 0 Å². The topological polar surface area (TPSA) is 0 Å². The molecular formula is C15H28. The molecule has 15 heavy (non-hydrogen) atoms. The Morgan fingerprint density at radius 1 is 0.867 bits per heavy atom. The average molecular weight is 208 g/mol. The van der Waals surface area contributed by atoms with Gasteiger partial charge < -0.3 is 0 Å². The molecule has 0 nitrogen and oxygen atoms in total. The molecule has 0 N–H and O–H groups in total. The van der Waals surface area contributed by atoms with E-state index in [1.165, 1.54) is 44.9 Å². The largest absolute Gasteiger partial charge is 0.0597 e. The molecule has 0 saturated heterocycles. The summed E-state index contributed by atoms with van der Waals surface area (Å²) in [6.45, 7) is 9.92. The second-order valence-corrected chi connectivity index (χ2v) is 7.46. The number of rotatable bonds is 0. The van der Waals surface area contributed by atoms with Gasteiger partial charge in [-0.25, -0.2) is 0 Å². The third-order valence-electron chi connectivity index (χ3n) is 5.50. The van der Waals surface area contributed by atoms with Crippen molar-refractivity contribution in [2.75, 3.05) is 0 Å².